The fraction of sp³-hybridized carbons (Fsp3) is 0.556. The summed E-state index contributed by atoms with van der Waals surface area (Å²) in [4.78, 5) is 0. The largest absolute Gasteiger partial charge is 0.496 e. The average molecular weight is 356 g/mol. The topological polar surface area (TPSA) is 65.0 Å². The molecule has 0 heterocycles. The molecule has 0 aliphatic heterocycles. The van der Waals surface area contributed by atoms with E-state index in [0.29, 0.717) is 17.7 Å². The van der Waals surface area contributed by atoms with Crippen molar-refractivity contribution in [1.82, 2.24) is 0 Å². The Labute approximate surface area is 145 Å². The Balaban J connectivity index is 3.30. The molecule has 1 N–H and O–H groups in total. The smallest absolute Gasteiger partial charge is 0.359 e. The van der Waals surface area contributed by atoms with Crippen LogP contribution in [0.15, 0.2) is 35.7 Å². The van der Waals surface area contributed by atoms with Crippen molar-refractivity contribution in [3.63, 3.8) is 0 Å². The molecule has 6 heteroatoms. The van der Waals surface area contributed by atoms with Gasteiger partial charge in [0.2, 0.25) is 0 Å². The SMILES string of the molecule is CCCC/C=C(/C(O)c1ccccc1OC)P(=O)(OCC)OCC. The maximum Gasteiger partial charge on any atom is 0.359 e. The molecule has 24 heavy (non-hydrogen) atoms. The summed E-state index contributed by atoms with van der Waals surface area (Å²) in [6, 6.07) is 7.13. The van der Waals surface area contributed by atoms with E-state index < -0.39 is 13.7 Å². The van der Waals surface area contributed by atoms with E-state index in [1.54, 1.807) is 38.1 Å². The van der Waals surface area contributed by atoms with Gasteiger partial charge in [0, 0.05) is 5.56 Å². The van der Waals surface area contributed by atoms with Gasteiger partial charge in [-0.05, 0) is 26.3 Å². The van der Waals surface area contributed by atoms with Gasteiger partial charge >= 0.3 is 7.60 Å². The molecule has 1 aromatic rings. The third-order valence-corrected chi connectivity index (χ3v) is 5.79. The molecular weight excluding hydrogens is 327 g/mol. The van der Waals surface area contributed by atoms with Gasteiger partial charge in [0.1, 0.15) is 11.9 Å². The van der Waals surface area contributed by atoms with Crippen LogP contribution in [0, 0.1) is 0 Å². The van der Waals surface area contributed by atoms with Gasteiger partial charge in [-0.2, -0.15) is 0 Å². The monoisotopic (exact) mass is 356 g/mol. The van der Waals surface area contributed by atoms with Crippen LogP contribution >= 0.6 is 7.60 Å². The Morgan fingerprint density at radius 2 is 1.83 bits per heavy atom. The second-order valence-corrected chi connectivity index (χ2v) is 7.28. The minimum absolute atomic E-state index is 0.237. The lowest BCUT2D eigenvalue weighted by Gasteiger charge is -2.25. The Morgan fingerprint density at radius 1 is 1.21 bits per heavy atom. The highest BCUT2D eigenvalue weighted by Gasteiger charge is 2.35. The normalized spacial score (nSPS) is 13.8. The number of hydrogen-bond donors (Lipinski definition) is 1. The number of rotatable bonds is 11. The lowest BCUT2D eigenvalue weighted by atomic mass is 10.1. The highest BCUT2D eigenvalue weighted by atomic mass is 31.2. The predicted octanol–water partition coefficient (Wildman–Crippen LogP) is 5.07. The highest BCUT2D eigenvalue weighted by Crippen LogP contribution is 2.60. The Morgan fingerprint density at radius 3 is 2.38 bits per heavy atom. The third kappa shape index (κ3) is 5.45. The van der Waals surface area contributed by atoms with Gasteiger partial charge in [-0.15, -0.1) is 0 Å². The maximum atomic E-state index is 13.2. The Hall–Kier alpha value is -1.13. The molecule has 0 saturated carbocycles. The molecule has 0 saturated heterocycles. The molecule has 0 amide bonds. The van der Waals surface area contributed by atoms with Crippen molar-refractivity contribution in [2.75, 3.05) is 20.3 Å². The minimum Gasteiger partial charge on any atom is -0.496 e. The zero-order valence-corrected chi connectivity index (χ0v) is 15.9. The average Bonchev–Trinajstić information content (AvgIpc) is 2.58. The van der Waals surface area contributed by atoms with Gasteiger partial charge in [-0.25, -0.2) is 0 Å². The van der Waals surface area contributed by atoms with E-state index in [1.807, 2.05) is 6.07 Å². The molecule has 0 radical (unpaired) electrons. The number of para-hydroxylation sites is 1. The molecule has 1 aromatic carbocycles. The lowest BCUT2D eigenvalue weighted by Crippen LogP contribution is -2.09. The molecule has 0 aromatic heterocycles. The summed E-state index contributed by atoms with van der Waals surface area (Å²) in [5.74, 6) is 0.533. The fourth-order valence-electron chi connectivity index (χ4n) is 2.41. The molecule has 0 aliphatic carbocycles. The number of unbranched alkanes of at least 4 members (excludes halogenated alkanes) is 2. The van der Waals surface area contributed by atoms with Crippen LogP contribution in [0.4, 0.5) is 0 Å². The summed E-state index contributed by atoms with van der Waals surface area (Å²) in [5, 5.41) is 11.2. The first-order valence-corrected chi connectivity index (χ1v) is 9.98. The lowest BCUT2D eigenvalue weighted by molar-refractivity contribution is 0.189. The molecule has 5 nitrogen and oxygen atoms in total. The van der Waals surface area contributed by atoms with Crippen LogP contribution in [0.3, 0.4) is 0 Å². The van der Waals surface area contributed by atoms with Crippen molar-refractivity contribution in [3.05, 3.63) is 41.2 Å². The van der Waals surface area contributed by atoms with E-state index in [4.69, 9.17) is 13.8 Å². The first-order valence-electron chi connectivity index (χ1n) is 8.44. The summed E-state index contributed by atoms with van der Waals surface area (Å²) >= 11 is 0. The summed E-state index contributed by atoms with van der Waals surface area (Å²) < 4.78 is 29.4. The van der Waals surface area contributed by atoms with Gasteiger partial charge in [-0.3, -0.25) is 4.57 Å². The second-order valence-electron chi connectivity index (χ2n) is 5.25. The standard InChI is InChI=1S/C18H29O5P/c1-5-8-9-14-17(24(20,22-6-2)23-7-3)18(19)15-12-10-11-13-16(15)21-4/h10-14,18-19H,5-9H2,1-4H3/b17-14-. The predicted molar refractivity (Wildman–Crippen MR) is 96.4 cm³/mol. The molecular formula is C18H29O5P. The van der Waals surface area contributed by atoms with Crippen LogP contribution in [-0.4, -0.2) is 25.4 Å². The minimum atomic E-state index is -3.57. The van der Waals surface area contributed by atoms with Gasteiger partial charge in [0.15, 0.2) is 0 Å². The number of ether oxygens (including phenoxy) is 1. The van der Waals surface area contributed by atoms with Crippen LogP contribution in [-0.2, 0) is 13.6 Å². The molecule has 0 aliphatic rings. The summed E-state index contributed by atoms with van der Waals surface area (Å²) in [6.07, 6.45) is 3.30. The molecule has 0 spiro atoms. The Kier molecular flexibility index (Phi) is 9.30. The zero-order valence-electron chi connectivity index (χ0n) is 15.0. The van der Waals surface area contributed by atoms with Crippen molar-refractivity contribution >= 4 is 7.60 Å². The van der Waals surface area contributed by atoms with Crippen molar-refractivity contribution in [3.8, 4) is 5.75 Å². The van der Waals surface area contributed by atoms with Crippen molar-refractivity contribution in [2.45, 2.75) is 46.1 Å². The van der Waals surface area contributed by atoms with Crippen LogP contribution < -0.4 is 4.74 Å². The Bertz CT molecular complexity index is 560. The van der Waals surface area contributed by atoms with Crippen molar-refractivity contribution < 1.29 is 23.5 Å². The van der Waals surface area contributed by atoms with Gasteiger partial charge in [0.25, 0.3) is 0 Å². The molecule has 136 valence electrons. The number of benzene rings is 1. The summed E-state index contributed by atoms with van der Waals surface area (Å²) in [6.45, 7) is 6.06. The van der Waals surface area contributed by atoms with Crippen LogP contribution in [0.25, 0.3) is 0 Å². The second kappa shape index (κ2) is 10.7. The number of allylic oxidation sites excluding steroid dienone is 1. The van der Waals surface area contributed by atoms with E-state index >= 15 is 0 Å². The number of hydrogen-bond acceptors (Lipinski definition) is 5. The van der Waals surface area contributed by atoms with E-state index in [0.717, 1.165) is 12.8 Å². The van der Waals surface area contributed by atoms with Gasteiger partial charge in [0.05, 0.1) is 25.6 Å². The molecule has 1 atom stereocenters. The maximum absolute atomic E-state index is 13.2. The number of aliphatic hydroxyl groups is 1. The quantitative estimate of drug-likeness (QED) is 0.443. The first-order chi connectivity index (χ1) is 11.5. The zero-order chi connectivity index (χ0) is 18.0. The van der Waals surface area contributed by atoms with E-state index in [1.165, 1.54) is 7.11 Å². The summed E-state index contributed by atoms with van der Waals surface area (Å²) in [7, 11) is -2.03. The molecule has 1 rings (SSSR count). The van der Waals surface area contributed by atoms with E-state index in [9.17, 15) is 9.67 Å². The van der Waals surface area contributed by atoms with Crippen LogP contribution in [0.2, 0.25) is 0 Å². The number of methoxy groups -OCH3 is 1. The fourth-order valence-corrected chi connectivity index (χ4v) is 4.25. The first kappa shape index (κ1) is 20.9. The van der Waals surface area contributed by atoms with Crippen molar-refractivity contribution in [2.24, 2.45) is 0 Å². The van der Waals surface area contributed by atoms with E-state index in [2.05, 4.69) is 6.92 Å². The van der Waals surface area contributed by atoms with Crippen LogP contribution in [0.5, 0.6) is 5.75 Å². The van der Waals surface area contributed by atoms with Gasteiger partial charge < -0.3 is 18.9 Å². The molecule has 0 bridgehead atoms. The van der Waals surface area contributed by atoms with Gasteiger partial charge in [-0.1, -0.05) is 44.0 Å². The van der Waals surface area contributed by atoms with Crippen LogP contribution in [0.1, 0.15) is 51.7 Å². The molecule has 0 fully saturated rings. The third-order valence-electron chi connectivity index (χ3n) is 3.54. The van der Waals surface area contributed by atoms with E-state index in [-0.39, 0.29) is 18.5 Å². The number of aliphatic hydroxyl groups excluding tert-OH is 1. The van der Waals surface area contributed by atoms with Crippen molar-refractivity contribution in [1.29, 1.82) is 0 Å². The highest BCUT2D eigenvalue weighted by molar-refractivity contribution is 7.58. The molecule has 1 unspecified atom stereocenters. The summed E-state index contributed by atoms with van der Waals surface area (Å²) in [5.41, 5.74) is 0.544.